The first-order chi connectivity index (χ1) is 5.79. The van der Waals surface area contributed by atoms with Crippen molar-refractivity contribution in [3.63, 3.8) is 0 Å². The van der Waals surface area contributed by atoms with Gasteiger partial charge in [-0.25, -0.2) is 4.98 Å². The molecule has 0 aliphatic heterocycles. The van der Waals surface area contributed by atoms with Gasteiger partial charge in [0.05, 0.1) is 5.69 Å². The van der Waals surface area contributed by atoms with Crippen molar-refractivity contribution in [2.24, 2.45) is 0 Å². The van der Waals surface area contributed by atoms with Crippen LogP contribution in [0, 0.1) is 6.33 Å². The van der Waals surface area contributed by atoms with E-state index in [1.807, 2.05) is 0 Å². The first kappa shape index (κ1) is 7.34. The molecule has 1 aromatic heterocycles. The monoisotopic (exact) mass is 165 g/mol. The Bertz CT molecular complexity index is 297. The van der Waals surface area contributed by atoms with E-state index in [0.29, 0.717) is 5.69 Å². The summed E-state index contributed by atoms with van der Waals surface area (Å²) in [5.74, 6) is -0.263. The van der Waals surface area contributed by atoms with Crippen LogP contribution in [0.3, 0.4) is 0 Å². The Labute approximate surface area is 69.9 Å². The molecule has 1 aromatic rings. The molecule has 1 aliphatic rings. The van der Waals surface area contributed by atoms with Gasteiger partial charge >= 0.3 is 0 Å². The molecule has 0 bridgehead atoms. The number of hydrogen-bond donors (Lipinski definition) is 2. The number of aromatic nitrogens is 2. The molecule has 2 N–H and O–H groups in total. The summed E-state index contributed by atoms with van der Waals surface area (Å²) in [6.07, 6.45) is 5.52. The highest BCUT2D eigenvalue weighted by atomic mass is 16.3. The molecule has 4 nitrogen and oxygen atoms in total. The topological polar surface area (TPSA) is 66.2 Å². The highest BCUT2D eigenvalue weighted by Crippen LogP contribution is 2.40. The summed E-state index contributed by atoms with van der Waals surface area (Å²) in [5.41, 5.74) is 0.536. The lowest BCUT2D eigenvalue weighted by Gasteiger charge is -2.24. The van der Waals surface area contributed by atoms with Crippen LogP contribution < -0.4 is 0 Å². The Morgan fingerprint density at radius 3 is 2.58 bits per heavy atom. The Hall–Kier alpha value is -1.32. The third-order valence-electron chi connectivity index (χ3n) is 2.27. The molecular weight excluding hydrogens is 156 g/mol. The van der Waals surface area contributed by atoms with E-state index in [1.165, 1.54) is 0 Å². The molecule has 1 saturated carbocycles. The van der Waals surface area contributed by atoms with E-state index in [0.717, 1.165) is 19.3 Å². The molecule has 2 rings (SSSR count). The van der Waals surface area contributed by atoms with Crippen molar-refractivity contribution < 1.29 is 10.2 Å². The van der Waals surface area contributed by atoms with Gasteiger partial charge in [0.15, 0.2) is 0 Å². The lowest BCUT2D eigenvalue weighted by Crippen LogP contribution is -2.10. The van der Waals surface area contributed by atoms with Gasteiger partial charge in [0.1, 0.15) is 0 Å². The van der Waals surface area contributed by atoms with Crippen LogP contribution in [0.25, 0.3) is 0 Å². The summed E-state index contributed by atoms with van der Waals surface area (Å²) >= 11 is 0. The zero-order valence-corrected chi connectivity index (χ0v) is 6.49. The molecule has 0 saturated heterocycles. The average Bonchev–Trinajstić information content (AvgIpc) is 1.95. The minimum absolute atomic E-state index is 0.182. The largest absolute Gasteiger partial charge is 0.502 e. The van der Waals surface area contributed by atoms with Crippen molar-refractivity contribution in [2.75, 3.05) is 0 Å². The van der Waals surface area contributed by atoms with E-state index in [9.17, 15) is 5.11 Å². The summed E-state index contributed by atoms with van der Waals surface area (Å²) in [6, 6.07) is 0. The summed E-state index contributed by atoms with van der Waals surface area (Å²) < 4.78 is 0. The zero-order valence-electron chi connectivity index (χ0n) is 6.49. The van der Waals surface area contributed by atoms with Crippen LogP contribution in [-0.2, 0) is 0 Å². The fraction of sp³-hybridized carbons (Fsp3) is 0.500. The maximum atomic E-state index is 9.34. The average molecular weight is 165 g/mol. The number of hydrogen-bond acceptors (Lipinski definition) is 4. The minimum Gasteiger partial charge on any atom is -0.502 e. The maximum Gasteiger partial charge on any atom is 0.258 e. The van der Waals surface area contributed by atoms with Gasteiger partial charge in [0.2, 0.25) is 12.1 Å². The molecule has 1 heterocycles. The number of aromatic hydroxyl groups is 2. The van der Waals surface area contributed by atoms with Crippen molar-refractivity contribution in [1.29, 1.82) is 0 Å². The zero-order chi connectivity index (χ0) is 8.55. The summed E-state index contributed by atoms with van der Waals surface area (Å²) in [5, 5.41) is 18.4. The fourth-order valence-electron chi connectivity index (χ4n) is 1.31. The SMILES string of the molecule is Oc1n[c]nc(C2CCC2)c1O. The molecule has 4 heteroatoms. The van der Waals surface area contributed by atoms with E-state index < -0.39 is 0 Å². The van der Waals surface area contributed by atoms with E-state index >= 15 is 0 Å². The van der Waals surface area contributed by atoms with Crippen molar-refractivity contribution in [2.45, 2.75) is 25.2 Å². The van der Waals surface area contributed by atoms with Crippen LogP contribution in [0.1, 0.15) is 30.9 Å². The van der Waals surface area contributed by atoms with Gasteiger partial charge in [0, 0.05) is 5.92 Å². The highest BCUT2D eigenvalue weighted by Gasteiger charge is 2.25. The summed E-state index contributed by atoms with van der Waals surface area (Å²) in [6.45, 7) is 0. The van der Waals surface area contributed by atoms with Crippen LogP contribution in [-0.4, -0.2) is 20.2 Å². The highest BCUT2D eigenvalue weighted by molar-refractivity contribution is 5.37. The van der Waals surface area contributed by atoms with Crippen LogP contribution in [0.5, 0.6) is 11.6 Å². The minimum atomic E-state index is -0.369. The van der Waals surface area contributed by atoms with Crippen LogP contribution >= 0.6 is 0 Å². The second-order valence-electron chi connectivity index (χ2n) is 3.01. The second-order valence-corrected chi connectivity index (χ2v) is 3.01. The third kappa shape index (κ3) is 0.995. The van der Waals surface area contributed by atoms with Crippen LogP contribution in [0.15, 0.2) is 0 Å². The van der Waals surface area contributed by atoms with E-state index in [-0.39, 0.29) is 17.5 Å². The fourth-order valence-corrected chi connectivity index (χ4v) is 1.31. The molecular formula is C8H9N2O2. The maximum absolute atomic E-state index is 9.34. The Kier molecular flexibility index (Phi) is 1.60. The predicted molar refractivity (Wildman–Crippen MR) is 40.8 cm³/mol. The van der Waals surface area contributed by atoms with Crippen molar-refractivity contribution in [3.05, 3.63) is 12.0 Å². The van der Waals surface area contributed by atoms with Gasteiger partial charge in [-0.15, -0.1) is 0 Å². The lowest BCUT2D eigenvalue weighted by molar-refractivity contribution is 0.351. The Morgan fingerprint density at radius 2 is 2.00 bits per heavy atom. The van der Waals surface area contributed by atoms with Crippen LogP contribution in [0.2, 0.25) is 0 Å². The van der Waals surface area contributed by atoms with Gasteiger partial charge in [-0.2, -0.15) is 4.98 Å². The molecule has 1 aliphatic carbocycles. The summed E-state index contributed by atoms with van der Waals surface area (Å²) in [7, 11) is 0. The van der Waals surface area contributed by atoms with Gasteiger partial charge in [-0.3, -0.25) is 0 Å². The molecule has 12 heavy (non-hydrogen) atoms. The standard InChI is InChI=1S/C8H9N2O2/c11-7-6(5-2-1-3-5)9-4-10-8(7)12/h5,11H,1-3H2,(H,9,10,12). The summed E-state index contributed by atoms with van der Waals surface area (Å²) in [4.78, 5) is 7.16. The van der Waals surface area contributed by atoms with E-state index in [1.54, 1.807) is 0 Å². The van der Waals surface area contributed by atoms with Crippen molar-refractivity contribution in [3.8, 4) is 11.6 Å². The molecule has 0 atom stereocenters. The Balaban J connectivity index is 2.36. The molecule has 1 radical (unpaired) electrons. The van der Waals surface area contributed by atoms with E-state index in [4.69, 9.17) is 5.11 Å². The number of nitrogens with zero attached hydrogens (tertiary/aromatic N) is 2. The molecule has 0 aromatic carbocycles. The second kappa shape index (κ2) is 2.62. The smallest absolute Gasteiger partial charge is 0.258 e. The van der Waals surface area contributed by atoms with Gasteiger partial charge < -0.3 is 10.2 Å². The number of rotatable bonds is 1. The quantitative estimate of drug-likeness (QED) is 0.650. The van der Waals surface area contributed by atoms with Gasteiger partial charge in [-0.05, 0) is 12.8 Å². The lowest BCUT2D eigenvalue weighted by atomic mass is 9.82. The molecule has 0 spiro atoms. The van der Waals surface area contributed by atoms with E-state index in [2.05, 4.69) is 16.3 Å². The first-order valence-electron chi connectivity index (χ1n) is 3.95. The molecule has 0 amide bonds. The molecule has 0 unspecified atom stereocenters. The van der Waals surface area contributed by atoms with Gasteiger partial charge in [0.25, 0.3) is 5.88 Å². The van der Waals surface area contributed by atoms with Crippen molar-refractivity contribution >= 4 is 0 Å². The predicted octanol–water partition coefficient (Wildman–Crippen LogP) is 0.955. The third-order valence-corrected chi connectivity index (χ3v) is 2.27. The normalized spacial score (nSPS) is 17.3. The molecule has 1 fully saturated rings. The van der Waals surface area contributed by atoms with Crippen molar-refractivity contribution in [1.82, 2.24) is 9.97 Å². The van der Waals surface area contributed by atoms with Crippen LogP contribution in [0.4, 0.5) is 0 Å². The Morgan fingerprint density at radius 1 is 1.25 bits per heavy atom. The first-order valence-corrected chi connectivity index (χ1v) is 3.95. The molecule has 63 valence electrons. The van der Waals surface area contributed by atoms with Gasteiger partial charge in [-0.1, -0.05) is 6.42 Å².